The Bertz CT molecular complexity index is 198. The lowest BCUT2D eigenvalue weighted by atomic mass is 9.97. The lowest BCUT2D eigenvalue weighted by Gasteiger charge is -2.32. The number of nitrogens with one attached hydrogen (secondary N) is 1. The number of amides is 1. The van der Waals surface area contributed by atoms with Crippen LogP contribution in [0.15, 0.2) is 0 Å². The summed E-state index contributed by atoms with van der Waals surface area (Å²) >= 11 is 0. The van der Waals surface area contributed by atoms with E-state index in [0.717, 1.165) is 38.9 Å². The number of carbonyl (C=O) groups is 1. The maximum Gasteiger partial charge on any atom is 0.227 e. The molecule has 0 aromatic carbocycles. The highest BCUT2D eigenvalue weighted by Gasteiger charge is 2.26. The molecule has 15 heavy (non-hydrogen) atoms. The van der Waals surface area contributed by atoms with Crippen molar-refractivity contribution in [2.75, 3.05) is 19.6 Å². The molecule has 0 saturated carbocycles. The number of rotatable bonds is 4. The molecule has 1 heterocycles. The van der Waals surface area contributed by atoms with Crippen molar-refractivity contribution in [3.63, 3.8) is 0 Å². The summed E-state index contributed by atoms with van der Waals surface area (Å²) in [6.45, 7) is 9.16. The Morgan fingerprint density at radius 3 is 2.73 bits per heavy atom. The Labute approximate surface area is 93.2 Å². The molecular weight excluding hydrogens is 188 g/mol. The second-order valence-electron chi connectivity index (χ2n) is 4.67. The van der Waals surface area contributed by atoms with Gasteiger partial charge in [0.2, 0.25) is 5.91 Å². The zero-order chi connectivity index (χ0) is 11.3. The standard InChI is InChI=1S/C12H24N2O/c1-4-8-14(10(2)3)12(15)11-6-5-7-13-9-11/h10-11,13H,4-9H2,1-3H3/t11-/m0/s1. The van der Waals surface area contributed by atoms with E-state index < -0.39 is 0 Å². The van der Waals surface area contributed by atoms with E-state index in [4.69, 9.17) is 0 Å². The van der Waals surface area contributed by atoms with Gasteiger partial charge in [0, 0.05) is 19.1 Å². The molecule has 1 amide bonds. The second-order valence-corrected chi connectivity index (χ2v) is 4.67. The van der Waals surface area contributed by atoms with Gasteiger partial charge in [-0.15, -0.1) is 0 Å². The third-order valence-electron chi connectivity index (χ3n) is 3.02. The zero-order valence-electron chi connectivity index (χ0n) is 10.3. The Morgan fingerprint density at radius 1 is 1.53 bits per heavy atom. The molecule has 3 nitrogen and oxygen atoms in total. The van der Waals surface area contributed by atoms with Crippen molar-refractivity contribution in [2.45, 2.75) is 46.1 Å². The zero-order valence-corrected chi connectivity index (χ0v) is 10.3. The van der Waals surface area contributed by atoms with Crippen LogP contribution in [0, 0.1) is 5.92 Å². The summed E-state index contributed by atoms with van der Waals surface area (Å²) in [4.78, 5) is 14.2. The molecule has 0 aromatic rings. The summed E-state index contributed by atoms with van der Waals surface area (Å²) in [5.74, 6) is 0.562. The molecule has 1 aliphatic rings. The van der Waals surface area contributed by atoms with Gasteiger partial charge >= 0.3 is 0 Å². The van der Waals surface area contributed by atoms with Crippen LogP contribution >= 0.6 is 0 Å². The quantitative estimate of drug-likeness (QED) is 0.768. The van der Waals surface area contributed by atoms with Crippen molar-refractivity contribution in [3.8, 4) is 0 Å². The maximum atomic E-state index is 12.2. The predicted octanol–water partition coefficient (Wildman–Crippen LogP) is 1.63. The summed E-state index contributed by atoms with van der Waals surface area (Å²) in [7, 11) is 0. The van der Waals surface area contributed by atoms with Gasteiger partial charge in [-0.1, -0.05) is 6.92 Å². The number of hydrogen-bond donors (Lipinski definition) is 1. The van der Waals surface area contributed by atoms with E-state index in [0.29, 0.717) is 11.9 Å². The van der Waals surface area contributed by atoms with Gasteiger partial charge < -0.3 is 10.2 Å². The first kappa shape index (κ1) is 12.5. The van der Waals surface area contributed by atoms with E-state index >= 15 is 0 Å². The fourth-order valence-corrected chi connectivity index (χ4v) is 2.16. The second kappa shape index (κ2) is 6.11. The maximum absolute atomic E-state index is 12.2. The molecule has 3 heteroatoms. The van der Waals surface area contributed by atoms with Crippen LogP contribution in [0.25, 0.3) is 0 Å². The van der Waals surface area contributed by atoms with E-state index in [2.05, 4.69) is 26.1 Å². The van der Waals surface area contributed by atoms with Gasteiger partial charge in [0.05, 0.1) is 5.92 Å². The van der Waals surface area contributed by atoms with Gasteiger partial charge in [0.1, 0.15) is 0 Å². The molecule has 1 fully saturated rings. The molecule has 0 radical (unpaired) electrons. The fourth-order valence-electron chi connectivity index (χ4n) is 2.16. The van der Waals surface area contributed by atoms with Crippen molar-refractivity contribution in [3.05, 3.63) is 0 Å². The number of carbonyl (C=O) groups excluding carboxylic acids is 1. The lowest BCUT2D eigenvalue weighted by molar-refractivity contribution is -0.137. The topological polar surface area (TPSA) is 32.3 Å². The number of nitrogens with zero attached hydrogens (tertiary/aromatic N) is 1. The minimum atomic E-state index is 0.215. The van der Waals surface area contributed by atoms with Crippen LogP contribution in [0.2, 0.25) is 0 Å². The molecular formula is C12H24N2O. The predicted molar refractivity (Wildman–Crippen MR) is 62.7 cm³/mol. The molecule has 88 valence electrons. The molecule has 0 unspecified atom stereocenters. The van der Waals surface area contributed by atoms with Crippen molar-refractivity contribution in [1.82, 2.24) is 10.2 Å². The van der Waals surface area contributed by atoms with Crippen LogP contribution in [0.5, 0.6) is 0 Å². The highest BCUT2D eigenvalue weighted by molar-refractivity contribution is 5.79. The minimum absolute atomic E-state index is 0.215. The van der Waals surface area contributed by atoms with Crippen LogP contribution in [0.1, 0.15) is 40.0 Å². The molecule has 0 aliphatic carbocycles. The smallest absolute Gasteiger partial charge is 0.227 e. The van der Waals surface area contributed by atoms with Gasteiger partial charge in [-0.05, 0) is 39.7 Å². The highest BCUT2D eigenvalue weighted by Crippen LogP contribution is 2.15. The van der Waals surface area contributed by atoms with E-state index in [-0.39, 0.29) is 5.92 Å². The Balaban J connectivity index is 2.53. The summed E-state index contributed by atoms with van der Waals surface area (Å²) < 4.78 is 0. The first-order valence-electron chi connectivity index (χ1n) is 6.18. The molecule has 0 aromatic heterocycles. The van der Waals surface area contributed by atoms with Crippen molar-refractivity contribution in [2.24, 2.45) is 5.92 Å². The SMILES string of the molecule is CCCN(C(=O)[C@H]1CCCNC1)C(C)C. The molecule has 1 N–H and O–H groups in total. The average Bonchev–Trinajstić information content (AvgIpc) is 2.26. The third-order valence-corrected chi connectivity index (χ3v) is 3.02. The molecule has 1 saturated heterocycles. The summed E-state index contributed by atoms with van der Waals surface area (Å²) in [5.41, 5.74) is 0. The van der Waals surface area contributed by atoms with Crippen LogP contribution in [0.3, 0.4) is 0 Å². The normalized spacial score (nSPS) is 21.7. The van der Waals surface area contributed by atoms with Crippen LogP contribution in [-0.4, -0.2) is 36.5 Å². The van der Waals surface area contributed by atoms with Crippen molar-refractivity contribution < 1.29 is 4.79 Å². The lowest BCUT2D eigenvalue weighted by Crippen LogP contribution is -2.46. The van der Waals surface area contributed by atoms with E-state index in [9.17, 15) is 4.79 Å². The number of piperidine rings is 1. The summed E-state index contributed by atoms with van der Waals surface area (Å²) in [5, 5.41) is 3.30. The number of hydrogen-bond acceptors (Lipinski definition) is 2. The highest BCUT2D eigenvalue weighted by atomic mass is 16.2. The van der Waals surface area contributed by atoms with E-state index in [1.54, 1.807) is 0 Å². The van der Waals surface area contributed by atoms with Crippen LogP contribution < -0.4 is 5.32 Å². The monoisotopic (exact) mass is 212 g/mol. The largest absolute Gasteiger partial charge is 0.340 e. The molecule has 1 rings (SSSR count). The van der Waals surface area contributed by atoms with Gasteiger partial charge in [-0.2, -0.15) is 0 Å². The van der Waals surface area contributed by atoms with Crippen molar-refractivity contribution >= 4 is 5.91 Å². The molecule has 0 bridgehead atoms. The van der Waals surface area contributed by atoms with Gasteiger partial charge in [-0.3, -0.25) is 4.79 Å². The fraction of sp³-hybridized carbons (Fsp3) is 0.917. The molecule has 1 atom stereocenters. The Kier molecular flexibility index (Phi) is 5.09. The van der Waals surface area contributed by atoms with Crippen molar-refractivity contribution in [1.29, 1.82) is 0 Å². The summed E-state index contributed by atoms with van der Waals surface area (Å²) in [6.07, 6.45) is 3.23. The van der Waals surface area contributed by atoms with Gasteiger partial charge in [0.25, 0.3) is 0 Å². The van der Waals surface area contributed by atoms with Gasteiger partial charge in [0.15, 0.2) is 0 Å². The summed E-state index contributed by atoms with van der Waals surface area (Å²) in [6, 6.07) is 0.333. The molecule has 1 aliphatic heterocycles. The Hall–Kier alpha value is -0.570. The first-order chi connectivity index (χ1) is 7.16. The van der Waals surface area contributed by atoms with E-state index in [1.165, 1.54) is 0 Å². The first-order valence-corrected chi connectivity index (χ1v) is 6.18. The van der Waals surface area contributed by atoms with E-state index in [1.807, 2.05) is 4.90 Å². The van der Waals surface area contributed by atoms with Crippen LogP contribution in [-0.2, 0) is 4.79 Å². The van der Waals surface area contributed by atoms with Gasteiger partial charge in [-0.25, -0.2) is 0 Å². The van der Waals surface area contributed by atoms with Crippen LogP contribution in [0.4, 0.5) is 0 Å². The minimum Gasteiger partial charge on any atom is -0.340 e. The third kappa shape index (κ3) is 3.49. The Morgan fingerprint density at radius 2 is 2.27 bits per heavy atom. The average molecular weight is 212 g/mol. The molecule has 0 spiro atoms.